The molecule has 3 aromatic rings. The lowest BCUT2D eigenvalue weighted by Crippen LogP contribution is -2.32. The molecule has 0 saturated heterocycles. The highest BCUT2D eigenvalue weighted by Gasteiger charge is 2.41. The number of likely N-dealkylation sites (N-methyl/N-ethyl adjacent to an activating group) is 1. The van der Waals surface area contributed by atoms with E-state index in [9.17, 15) is 0 Å². The summed E-state index contributed by atoms with van der Waals surface area (Å²) in [4.78, 5) is 24.4. The molecule has 3 heterocycles. The van der Waals surface area contributed by atoms with Crippen molar-refractivity contribution in [1.82, 2.24) is 24.8 Å². The highest BCUT2D eigenvalue weighted by Crippen LogP contribution is 2.41. The van der Waals surface area contributed by atoms with E-state index in [1.807, 2.05) is 43.1 Å². The fraction of sp³-hybridized carbons (Fsp3) is 0.440. The van der Waals surface area contributed by atoms with Crippen molar-refractivity contribution in [3.63, 3.8) is 0 Å². The van der Waals surface area contributed by atoms with Crippen molar-refractivity contribution < 1.29 is 9.47 Å². The van der Waals surface area contributed by atoms with Crippen LogP contribution in [0, 0.1) is 5.41 Å². The minimum absolute atomic E-state index is 0.0358. The first-order chi connectivity index (χ1) is 16.9. The molecule has 0 amide bonds. The monoisotopic (exact) mass is 474 g/mol. The van der Waals surface area contributed by atoms with Crippen molar-refractivity contribution in [1.29, 1.82) is 5.41 Å². The van der Waals surface area contributed by atoms with Crippen LogP contribution < -0.4 is 14.8 Å². The number of hydrogen-bond acceptors (Lipinski definition) is 8. The van der Waals surface area contributed by atoms with E-state index in [0.717, 1.165) is 43.3 Å². The summed E-state index contributed by atoms with van der Waals surface area (Å²) in [6.07, 6.45) is 8.89. The highest BCUT2D eigenvalue weighted by atomic mass is 16.5. The van der Waals surface area contributed by atoms with E-state index in [-0.39, 0.29) is 11.6 Å². The van der Waals surface area contributed by atoms with Crippen molar-refractivity contribution >= 4 is 29.7 Å². The molecule has 0 spiro atoms. The maximum Gasteiger partial charge on any atom is 0.246 e. The number of pyridine rings is 2. The molecule has 1 unspecified atom stereocenters. The van der Waals surface area contributed by atoms with Crippen molar-refractivity contribution in [2.45, 2.75) is 57.3 Å². The van der Waals surface area contributed by atoms with Crippen LogP contribution in [0.4, 0.5) is 5.95 Å². The van der Waals surface area contributed by atoms with E-state index in [4.69, 9.17) is 29.8 Å². The van der Waals surface area contributed by atoms with Crippen molar-refractivity contribution in [2.75, 3.05) is 18.9 Å². The topological polar surface area (TPSA) is 122 Å². The molecule has 2 saturated carbocycles. The molecular weight excluding hydrogens is 444 g/mol. The Balaban J connectivity index is 1.41. The van der Waals surface area contributed by atoms with Crippen LogP contribution in [0.2, 0.25) is 0 Å². The SMILES string of the molecule is CC(CN(C)C=NC=N)Nc1nc(OC2(C)CC2)c2nc(-c3ccc(OC4CC4)nc3)ccc2n1. The maximum atomic E-state index is 7.03. The summed E-state index contributed by atoms with van der Waals surface area (Å²) in [6.45, 7) is 4.79. The van der Waals surface area contributed by atoms with Crippen LogP contribution in [0.3, 0.4) is 0 Å². The molecule has 35 heavy (non-hydrogen) atoms. The zero-order valence-electron chi connectivity index (χ0n) is 20.2. The van der Waals surface area contributed by atoms with Gasteiger partial charge in [0.1, 0.15) is 18.0 Å². The van der Waals surface area contributed by atoms with Gasteiger partial charge in [-0.2, -0.15) is 4.98 Å². The van der Waals surface area contributed by atoms with E-state index in [0.29, 0.717) is 41.4 Å². The van der Waals surface area contributed by atoms with Gasteiger partial charge in [0.15, 0.2) is 5.52 Å². The third-order valence-electron chi connectivity index (χ3n) is 5.93. The highest BCUT2D eigenvalue weighted by molar-refractivity contribution is 5.83. The lowest BCUT2D eigenvalue weighted by atomic mass is 10.2. The van der Waals surface area contributed by atoms with Crippen LogP contribution in [0.1, 0.15) is 39.5 Å². The molecule has 10 nitrogen and oxygen atoms in total. The van der Waals surface area contributed by atoms with Gasteiger partial charge in [-0.25, -0.2) is 19.9 Å². The molecule has 182 valence electrons. The van der Waals surface area contributed by atoms with Crippen LogP contribution in [0.25, 0.3) is 22.3 Å². The number of fused-ring (bicyclic) bond motifs is 1. The standard InChI is InChI=1S/C25H30N8O2/c1-16(13-33(3)15-27-14-26)29-24-31-20-8-7-19(17-4-9-21(28-12-17)34-18-5-6-18)30-22(20)23(32-24)35-25(2)10-11-25/h4,7-9,12,14-16,18,26H,5-6,10-11,13H2,1-3H3,(H,29,31,32). The third-order valence-corrected chi connectivity index (χ3v) is 5.93. The average Bonchev–Trinajstić information content (AvgIpc) is 3.77. The summed E-state index contributed by atoms with van der Waals surface area (Å²) in [7, 11) is 1.90. The Morgan fingerprint density at radius 3 is 2.74 bits per heavy atom. The first-order valence-corrected chi connectivity index (χ1v) is 11.9. The summed E-state index contributed by atoms with van der Waals surface area (Å²) in [5.74, 6) is 1.61. The van der Waals surface area contributed by atoms with E-state index in [1.165, 1.54) is 0 Å². The fourth-order valence-electron chi connectivity index (χ4n) is 3.65. The van der Waals surface area contributed by atoms with Gasteiger partial charge < -0.3 is 19.7 Å². The predicted molar refractivity (Wildman–Crippen MR) is 135 cm³/mol. The molecule has 2 aliphatic rings. The zero-order valence-corrected chi connectivity index (χ0v) is 20.2. The van der Waals surface area contributed by atoms with Crippen LogP contribution >= 0.6 is 0 Å². The Labute approximate surface area is 204 Å². The zero-order chi connectivity index (χ0) is 24.4. The van der Waals surface area contributed by atoms with Gasteiger partial charge in [0.05, 0.1) is 17.5 Å². The number of nitrogens with one attached hydrogen (secondary N) is 2. The first kappa shape index (κ1) is 22.9. The van der Waals surface area contributed by atoms with Gasteiger partial charge in [-0.1, -0.05) is 0 Å². The molecule has 1 atom stereocenters. The number of rotatable bonds is 11. The molecule has 0 aliphatic heterocycles. The van der Waals surface area contributed by atoms with E-state index >= 15 is 0 Å². The minimum Gasteiger partial charge on any atom is -0.474 e. The molecular formula is C25H30N8O2. The van der Waals surface area contributed by atoms with Gasteiger partial charge in [0, 0.05) is 37.5 Å². The van der Waals surface area contributed by atoms with Crippen molar-refractivity contribution in [3.8, 4) is 23.0 Å². The van der Waals surface area contributed by atoms with Gasteiger partial charge in [0.25, 0.3) is 0 Å². The fourth-order valence-corrected chi connectivity index (χ4v) is 3.65. The number of anilines is 1. The van der Waals surface area contributed by atoms with Crippen LogP contribution in [-0.4, -0.2) is 68.9 Å². The lowest BCUT2D eigenvalue weighted by molar-refractivity contribution is 0.194. The molecule has 0 aromatic carbocycles. The average molecular weight is 475 g/mol. The quantitative estimate of drug-likeness (QED) is 0.317. The third kappa shape index (κ3) is 5.82. The van der Waals surface area contributed by atoms with Crippen molar-refractivity contribution in [3.05, 3.63) is 30.5 Å². The summed E-state index contributed by atoms with van der Waals surface area (Å²) in [6, 6.07) is 7.77. The van der Waals surface area contributed by atoms with Crippen LogP contribution in [0.15, 0.2) is 35.5 Å². The van der Waals surface area contributed by atoms with E-state index < -0.39 is 0 Å². The minimum atomic E-state index is -0.214. The molecule has 2 fully saturated rings. The summed E-state index contributed by atoms with van der Waals surface area (Å²) in [5, 5.41) is 10.4. The second kappa shape index (κ2) is 9.44. The second-order valence-electron chi connectivity index (χ2n) is 9.55. The predicted octanol–water partition coefficient (Wildman–Crippen LogP) is 3.93. The van der Waals surface area contributed by atoms with Crippen LogP contribution in [-0.2, 0) is 0 Å². The maximum absolute atomic E-state index is 7.03. The van der Waals surface area contributed by atoms with Crippen molar-refractivity contribution in [2.24, 2.45) is 4.99 Å². The number of hydrogen-bond donors (Lipinski definition) is 2. The molecule has 0 radical (unpaired) electrons. The molecule has 2 aliphatic carbocycles. The van der Waals surface area contributed by atoms with Gasteiger partial charge in [-0.05, 0) is 57.7 Å². The summed E-state index contributed by atoms with van der Waals surface area (Å²) < 4.78 is 12.1. The Morgan fingerprint density at radius 1 is 1.23 bits per heavy atom. The number of aliphatic imine (C=N–C) groups is 1. The molecule has 3 aromatic heterocycles. The van der Waals surface area contributed by atoms with E-state index in [1.54, 1.807) is 12.5 Å². The Morgan fingerprint density at radius 2 is 2.06 bits per heavy atom. The number of ether oxygens (including phenoxy) is 2. The Bertz CT molecular complexity index is 1240. The second-order valence-corrected chi connectivity index (χ2v) is 9.55. The first-order valence-electron chi connectivity index (χ1n) is 11.9. The van der Waals surface area contributed by atoms with Gasteiger partial charge in [-0.15, -0.1) is 0 Å². The van der Waals surface area contributed by atoms with Gasteiger partial charge >= 0.3 is 0 Å². The van der Waals surface area contributed by atoms with Gasteiger partial charge in [-0.3, -0.25) is 5.41 Å². The normalized spacial score (nSPS) is 17.2. The van der Waals surface area contributed by atoms with E-state index in [2.05, 4.69) is 22.2 Å². The molecule has 2 N–H and O–H groups in total. The number of nitrogens with zero attached hydrogens (tertiary/aromatic N) is 6. The molecule has 5 rings (SSSR count). The largest absolute Gasteiger partial charge is 0.474 e. The summed E-state index contributed by atoms with van der Waals surface area (Å²) in [5.41, 5.74) is 2.79. The van der Waals surface area contributed by atoms with Gasteiger partial charge in [0.2, 0.25) is 17.7 Å². The molecule has 0 bridgehead atoms. The lowest BCUT2D eigenvalue weighted by Gasteiger charge is -2.21. The summed E-state index contributed by atoms with van der Waals surface area (Å²) >= 11 is 0. The number of aromatic nitrogens is 4. The Hall–Kier alpha value is -3.82. The smallest absolute Gasteiger partial charge is 0.246 e. The molecule has 10 heteroatoms. The van der Waals surface area contributed by atoms with Crippen LogP contribution in [0.5, 0.6) is 11.8 Å². The Kier molecular flexibility index (Phi) is 6.19.